The molecular weight excluding hydrogens is 360 g/mol. The monoisotopic (exact) mass is 370 g/mol. The zero-order valence-electron chi connectivity index (χ0n) is 9.26. The van der Waals surface area contributed by atoms with E-state index < -0.39 is 12.8 Å². The third kappa shape index (κ3) is 3.37. The summed E-state index contributed by atoms with van der Waals surface area (Å²) in [5.41, 5.74) is 1.27. The maximum absolute atomic E-state index is 12.1. The predicted molar refractivity (Wildman–Crippen MR) is 68.1 cm³/mol. The average molecular weight is 370 g/mol. The molecule has 1 saturated carbocycles. The van der Waals surface area contributed by atoms with Crippen LogP contribution in [0.1, 0.15) is 34.7 Å². The molecule has 98 valence electrons. The normalized spacial score (nSPS) is 15.6. The van der Waals surface area contributed by atoms with Crippen molar-refractivity contribution in [1.29, 1.82) is 0 Å². The summed E-state index contributed by atoms with van der Waals surface area (Å²) in [5, 5.41) is 0. The van der Waals surface area contributed by atoms with Gasteiger partial charge >= 0.3 is 6.18 Å². The van der Waals surface area contributed by atoms with Crippen molar-refractivity contribution >= 4 is 28.9 Å². The van der Waals surface area contributed by atoms with Crippen LogP contribution in [0.5, 0.6) is 5.75 Å². The Kier molecular flexibility index (Phi) is 3.84. The average Bonchev–Trinajstić information content (AvgIpc) is 3.10. The van der Waals surface area contributed by atoms with Crippen LogP contribution in [0.4, 0.5) is 13.2 Å². The Bertz CT molecular complexity index is 467. The first-order valence-electron chi connectivity index (χ1n) is 5.39. The molecular formula is C12H10F3IO2. The minimum atomic E-state index is -4.37. The van der Waals surface area contributed by atoms with Gasteiger partial charge in [0.25, 0.3) is 0 Å². The van der Waals surface area contributed by atoms with Crippen molar-refractivity contribution in [2.45, 2.75) is 24.9 Å². The van der Waals surface area contributed by atoms with Crippen LogP contribution in [-0.2, 0) is 0 Å². The highest BCUT2D eigenvalue weighted by atomic mass is 127. The lowest BCUT2D eigenvalue weighted by atomic mass is 10.1. The molecule has 1 aliphatic rings. The first-order chi connectivity index (χ1) is 8.40. The van der Waals surface area contributed by atoms with Gasteiger partial charge in [-0.15, -0.1) is 0 Å². The van der Waals surface area contributed by atoms with Crippen molar-refractivity contribution in [1.82, 2.24) is 0 Å². The number of rotatable bonds is 4. The fourth-order valence-electron chi connectivity index (χ4n) is 1.67. The van der Waals surface area contributed by atoms with Crippen LogP contribution in [-0.4, -0.2) is 19.1 Å². The molecule has 0 bridgehead atoms. The van der Waals surface area contributed by atoms with E-state index in [2.05, 4.69) is 0 Å². The van der Waals surface area contributed by atoms with E-state index in [1.165, 1.54) is 6.07 Å². The fourth-order valence-corrected chi connectivity index (χ4v) is 2.57. The number of carbonyl (C=O) groups is 1. The van der Waals surface area contributed by atoms with Crippen LogP contribution in [0.15, 0.2) is 12.1 Å². The molecule has 0 amide bonds. The summed E-state index contributed by atoms with van der Waals surface area (Å²) in [6.07, 6.45) is -1.73. The highest BCUT2D eigenvalue weighted by molar-refractivity contribution is 14.1. The Balaban J connectivity index is 2.27. The van der Waals surface area contributed by atoms with Gasteiger partial charge in [0.2, 0.25) is 0 Å². The molecule has 0 aliphatic heterocycles. The van der Waals surface area contributed by atoms with Gasteiger partial charge in [-0.05, 0) is 59.0 Å². The van der Waals surface area contributed by atoms with E-state index in [9.17, 15) is 18.0 Å². The summed E-state index contributed by atoms with van der Waals surface area (Å²) in [6, 6.07) is 3.08. The Hall–Kier alpha value is -0.790. The second kappa shape index (κ2) is 5.07. The third-order valence-corrected chi connectivity index (χ3v) is 3.79. The van der Waals surface area contributed by atoms with E-state index in [4.69, 9.17) is 4.74 Å². The molecule has 0 N–H and O–H groups in total. The largest absolute Gasteiger partial charge is 0.483 e. The van der Waals surface area contributed by atoms with E-state index in [-0.39, 0.29) is 5.75 Å². The maximum atomic E-state index is 12.1. The SMILES string of the molecule is O=Cc1cc(OCC(F)(F)F)c(I)c(C2CC2)c1. The van der Waals surface area contributed by atoms with Crippen molar-refractivity contribution in [2.75, 3.05) is 6.61 Å². The molecule has 1 fully saturated rings. The van der Waals surface area contributed by atoms with Gasteiger partial charge in [-0.2, -0.15) is 13.2 Å². The first kappa shape index (κ1) is 13.6. The van der Waals surface area contributed by atoms with Gasteiger partial charge in [0.15, 0.2) is 6.61 Å². The van der Waals surface area contributed by atoms with Crippen LogP contribution in [0.2, 0.25) is 0 Å². The second-order valence-corrected chi connectivity index (χ2v) is 5.30. The molecule has 0 heterocycles. The predicted octanol–water partition coefficient (Wildman–Crippen LogP) is 3.92. The van der Waals surface area contributed by atoms with E-state index in [1.807, 2.05) is 22.6 Å². The molecule has 0 aromatic heterocycles. The number of ether oxygens (including phenoxy) is 1. The minimum absolute atomic E-state index is 0.138. The topological polar surface area (TPSA) is 26.3 Å². The maximum Gasteiger partial charge on any atom is 0.422 e. The van der Waals surface area contributed by atoms with Gasteiger partial charge in [-0.1, -0.05) is 0 Å². The molecule has 0 radical (unpaired) electrons. The van der Waals surface area contributed by atoms with Crippen LogP contribution in [0.25, 0.3) is 0 Å². The van der Waals surface area contributed by atoms with E-state index in [0.717, 1.165) is 18.4 Å². The highest BCUT2D eigenvalue weighted by Gasteiger charge is 2.31. The Morgan fingerprint density at radius 3 is 2.56 bits per heavy atom. The van der Waals surface area contributed by atoms with Crippen LogP contribution in [0.3, 0.4) is 0 Å². The number of carbonyl (C=O) groups excluding carboxylic acids is 1. The first-order valence-corrected chi connectivity index (χ1v) is 6.47. The van der Waals surface area contributed by atoms with Gasteiger partial charge in [-0.25, -0.2) is 0 Å². The number of hydrogen-bond acceptors (Lipinski definition) is 2. The Morgan fingerprint density at radius 1 is 1.39 bits per heavy atom. The van der Waals surface area contributed by atoms with Crippen molar-refractivity contribution in [3.05, 3.63) is 26.8 Å². The zero-order valence-corrected chi connectivity index (χ0v) is 11.4. The lowest BCUT2D eigenvalue weighted by Crippen LogP contribution is -2.19. The molecule has 0 atom stereocenters. The van der Waals surface area contributed by atoms with Crippen LogP contribution in [0, 0.1) is 3.57 Å². The van der Waals surface area contributed by atoms with E-state index in [0.29, 0.717) is 21.3 Å². The smallest absolute Gasteiger partial charge is 0.422 e. The molecule has 1 aliphatic carbocycles. The second-order valence-electron chi connectivity index (χ2n) is 4.22. The third-order valence-electron chi connectivity index (χ3n) is 2.63. The Labute approximate surface area is 116 Å². The van der Waals surface area contributed by atoms with Gasteiger partial charge < -0.3 is 4.74 Å². The number of aldehydes is 1. The molecule has 2 rings (SSSR count). The highest BCUT2D eigenvalue weighted by Crippen LogP contribution is 2.44. The van der Waals surface area contributed by atoms with Gasteiger partial charge in [0, 0.05) is 5.56 Å². The minimum Gasteiger partial charge on any atom is -0.483 e. The fraction of sp³-hybridized carbons (Fsp3) is 0.417. The van der Waals surface area contributed by atoms with E-state index >= 15 is 0 Å². The van der Waals surface area contributed by atoms with Crippen molar-refractivity contribution in [3.8, 4) is 5.75 Å². The van der Waals surface area contributed by atoms with E-state index in [1.54, 1.807) is 6.07 Å². The quantitative estimate of drug-likeness (QED) is 0.593. The summed E-state index contributed by atoms with van der Waals surface area (Å²) in [7, 11) is 0. The van der Waals surface area contributed by atoms with Crippen molar-refractivity contribution in [3.63, 3.8) is 0 Å². The summed E-state index contributed by atoms with van der Waals surface area (Å²) in [4.78, 5) is 10.8. The molecule has 0 unspecified atom stereocenters. The number of alkyl halides is 3. The van der Waals surface area contributed by atoms with Gasteiger partial charge in [0.05, 0.1) is 3.57 Å². The standard InChI is InChI=1S/C12H10F3IO2/c13-12(14,15)6-18-10-4-7(5-17)3-9(11(10)16)8-1-2-8/h3-5,8H,1-2,6H2. The lowest BCUT2D eigenvalue weighted by molar-refractivity contribution is -0.153. The summed E-state index contributed by atoms with van der Waals surface area (Å²) >= 11 is 1.97. The number of hydrogen-bond donors (Lipinski definition) is 0. The van der Waals surface area contributed by atoms with Crippen LogP contribution >= 0.6 is 22.6 Å². The van der Waals surface area contributed by atoms with Gasteiger partial charge in [0.1, 0.15) is 12.0 Å². The van der Waals surface area contributed by atoms with Crippen molar-refractivity contribution < 1.29 is 22.7 Å². The molecule has 1 aromatic rings. The summed E-state index contributed by atoms with van der Waals surface area (Å²) in [5.74, 6) is 0.490. The van der Waals surface area contributed by atoms with Crippen molar-refractivity contribution in [2.24, 2.45) is 0 Å². The lowest BCUT2D eigenvalue weighted by Gasteiger charge is -2.13. The van der Waals surface area contributed by atoms with Gasteiger partial charge in [-0.3, -0.25) is 4.79 Å². The number of benzene rings is 1. The Morgan fingerprint density at radius 2 is 2.06 bits per heavy atom. The summed E-state index contributed by atoms with van der Waals surface area (Å²) in [6.45, 7) is -1.34. The molecule has 1 aromatic carbocycles. The zero-order chi connectivity index (χ0) is 13.3. The molecule has 0 spiro atoms. The summed E-state index contributed by atoms with van der Waals surface area (Å²) < 4.78 is 41.8. The molecule has 0 saturated heterocycles. The molecule has 2 nitrogen and oxygen atoms in total. The molecule has 18 heavy (non-hydrogen) atoms. The number of halogens is 4. The molecule has 6 heteroatoms. The van der Waals surface area contributed by atoms with Crippen LogP contribution < -0.4 is 4.74 Å².